The van der Waals surface area contributed by atoms with E-state index in [-0.39, 0.29) is 17.7 Å². The molecular formula is C28H30N4O2S. The number of rotatable bonds is 10. The summed E-state index contributed by atoms with van der Waals surface area (Å²) < 4.78 is 7.63. The lowest BCUT2D eigenvalue weighted by Gasteiger charge is -2.20. The zero-order valence-corrected chi connectivity index (χ0v) is 21.1. The van der Waals surface area contributed by atoms with Gasteiger partial charge in [0.25, 0.3) is 0 Å². The highest BCUT2D eigenvalue weighted by molar-refractivity contribution is 7.99. The molecule has 1 unspecified atom stereocenters. The van der Waals surface area contributed by atoms with Crippen LogP contribution in [0.1, 0.15) is 36.6 Å². The van der Waals surface area contributed by atoms with Gasteiger partial charge in [-0.05, 0) is 49.6 Å². The Kier molecular flexibility index (Phi) is 8.21. The third kappa shape index (κ3) is 5.92. The summed E-state index contributed by atoms with van der Waals surface area (Å²) in [6.07, 6.45) is 0. The average molecular weight is 487 g/mol. The molecule has 1 heterocycles. The molecule has 35 heavy (non-hydrogen) atoms. The van der Waals surface area contributed by atoms with Gasteiger partial charge in [0.05, 0.1) is 18.4 Å². The molecule has 0 spiro atoms. The molecule has 0 aliphatic rings. The highest BCUT2D eigenvalue weighted by Crippen LogP contribution is 2.27. The number of aryl methyl sites for hydroxylation is 1. The van der Waals surface area contributed by atoms with Crippen LogP contribution >= 0.6 is 11.8 Å². The van der Waals surface area contributed by atoms with Gasteiger partial charge in [-0.25, -0.2) is 0 Å². The lowest BCUT2D eigenvalue weighted by Crippen LogP contribution is -2.30. The number of nitrogens with zero attached hydrogens (tertiary/aromatic N) is 3. The lowest BCUT2D eigenvalue weighted by molar-refractivity contribution is -0.119. The van der Waals surface area contributed by atoms with Crippen LogP contribution in [0.5, 0.6) is 5.75 Å². The molecule has 6 nitrogen and oxygen atoms in total. The van der Waals surface area contributed by atoms with E-state index in [1.807, 2.05) is 79.7 Å². The van der Waals surface area contributed by atoms with E-state index in [0.717, 1.165) is 45.5 Å². The molecule has 1 atom stereocenters. The summed E-state index contributed by atoms with van der Waals surface area (Å²) in [5.74, 6) is 1.81. The number of ether oxygens (including phenoxy) is 1. The van der Waals surface area contributed by atoms with Crippen LogP contribution in [0.2, 0.25) is 0 Å². The third-order valence-electron chi connectivity index (χ3n) is 5.71. The van der Waals surface area contributed by atoms with E-state index in [1.165, 1.54) is 11.8 Å². The molecule has 0 bridgehead atoms. The largest absolute Gasteiger partial charge is 0.494 e. The maximum absolute atomic E-state index is 13.1. The fourth-order valence-electron chi connectivity index (χ4n) is 3.96. The number of carbonyl (C=O) groups excluding carboxylic acids is 1. The lowest BCUT2D eigenvalue weighted by atomic mass is 9.98. The quantitative estimate of drug-likeness (QED) is 0.293. The third-order valence-corrected chi connectivity index (χ3v) is 6.68. The number of thioether (sulfide) groups is 1. The zero-order valence-electron chi connectivity index (χ0n) is 20.3. The normalized spacial score (nSPS) is 11.7. The van der Waals surface area contributed by atoms with Crippen LogP contribution in [0, 0.1) is 6.92 Å². The first kappa shape index (κ1) is 24.5. The predicted octanol–water partition coefficient (Wildman–Crippen LogP) is 5.67. The second kappa shape index (κ2) is 11.7. The van der Waals surface area contributed by atoms with Crippen LogP contribution in [-0.4, -0.2) is 33.0 Å². The van der Waals surface area contributed by atoms with Crippen molar-refractivity contribution in [2.24, 2.45) is 0 Å². The summed E-state index contributed by atoms with van der Waals surface area (Å²) in [5.41, 5.74) is 4.22. The molecule has 0 fully saturated rings. The fourth-order valence-corrected chi connectivity index (χ4v) is 4.78. The summed E-state index contributed by atoms with van der Waals surface area (Å²) in [6, 6.07) is 25.7. The summed E-state index contributed by atoms with van der Waals surface area (Å²) >= 11 is 1.40. The van der Waals surface area contributed by atoms with Crippen molar-refractivity contribution in [1.82, 2.24) is 20.1 Å². The van der Waals surface area contributed by atoms with Crippen molar-refractivity contribution in [3.05, 3.63) is 95.6 Å². The average Bonchev–Trinajstić information content (AvgIpc) is 3.30. The number of benzene rings is 3. The van der Waals surface area contributed by atoms with E-state index < -0.39 is 0 Å². The smallest absolute Gasteiger partial charge is 0.231 e. The maximum atomic E-state index is 13.1. The number of hydrogen-bond donors (Lipinski definition) is 1. The minimum Gasteiger partial charge on any atom is -0.494 e. The standard InChI is InChI=1S/C28H30N4O2S/c1-4-32-27(24-14-10-9-11-20(24)3)30-31-28(32)35-19-25(33)29-26(21-12-7-6-8-13-21)22-15-17-23(18-16-22)34-5-2/h6-18,26H,4-5,19H2,1-3H3,(H,29,33). The molecule has 3 aromatic carbocycles. The van der Waals surface area contributed by atoms with Crippen LogP contribution in [0.3, 0.4) is 0 Å². The number of hydrogen-bond acceptors (Lipinski definition) is 5. The van der Waals surface area contributed by atoms with Crippen LogP contribution in [-0.2, 0) is 11.3 Å². The number of nitrogens with one attached hydrogen (secondary N) is 1. The molecule has 0 aliphatic heterocycles. The highest BCUT2D eigenvalue weighted by Gasteiger charge is 2.19. The highest BCUT2D eigenvalue weighted by atomic mass is 32.2. The Labute approximate surface area is 210 Å². The van der Waals surface area contributed by atoms with Crippen LogP contribution < -0.4 is 10.1 Å². The molecule has 7 heteroatoms. The van der Waals surface area contributed by atoms with Crippen LogP contribution in [0.25, 0.3) is 11.4 Å². The van der Waals surface area contributed by atoms with Gasteiger partial charge in [-0.1, -0.05) is 78.5 Å². The van der Waals surface area contributed by atoms with E-state index >= 15 is 0 Å². The van der Waals surface area contributed by atoms with Gasteiger partial charge < -0.3 is 14.6 Å². The fraction of sp³-hybridized carbons (Fsp3) is 0.250. The monoisotopic (exact) mass is 486 g/mol. The number of amides is 1. The second-order valence-corrected chi connectivity index (χ2v) is 9.01. The van der Waals surface area contributed by atoms with Crippen molar-refractivity contribution >= 4 is 17.7 Å². The molecule has 0 saturated heterocycles. The number of aromatic nitrogens is 3. The van der Waals surface area contributed by atoms with Gasteiger partial charge >= 0.3 is 0 Å². The number of carbonyl (C=O) groups is 1. The molecule has 180 valence electrons. The molecule has 1 N–H and O–H groups in total. The maximum Gasteiger partial charge on any atom is 0.231 e. The van der Waals surface area contributed by atoms with E-state index in [9.17, 15) is 4.79 Å². The first-order valence-electron chi connectivity index (χ1n) is 11.8. The predicted molar refractivity (Wildman–Crippen MR) is 141 cm³/mol. The van der Waals surface area contributed by atoms with Gasteiger partial charge in [0, 0.05) is 12.1 Å². The van der Waals surface area contributed by atoms with Gasteiger partial charge in [-0.2, -0.15) is 0 Å². The molecule has 4 rings (SSSR count). The van der Waals surface area contributed by atoms with Crippen molar-refractivity contribution in [3.63, 3.8) is 0 Å². The first-order chi connectivity index (χ1) is 17.1. The van der Waals surface area contributed by atoms with Gasteiger partial charge in [0.2, 0.25) is 5.91 Å². The Morgan fingerprint density at radius 1 is 0.943 bits per heavy atom. The summed E-state index contributed by atoms with van der Waals surface area (Å²) in [7, 11) is 0. The van der Waals surface area contributed by atoms with Gasteiger partial charge in [-0.15, -0.1) is 10.2 Å². The van der Waals surface area contributed by atoms with E-state index in [1.54, 1.807) is 0 Å². The molecule has 1 amide bonds. The van der Waals surface area contributed by atoms with E-state index in [4.69, 9.17) is 4.74 Å². The first-order valence-corrected chi connectivity index (χ1v) is 12.8. The molecule has 0 aliphatic carbocycles. The molecule has 4 aromatic rings. The SMILES string of the molecule is CCOc1ccc(C(NC(=O)CSc2nnc(-c3ccccc3C)n2CC)c2ccccc2)cc1. The van der Waals surface area contributed by atoms with Crippen molar-refractivity contribution in [1.29, 1.82) is 0 Å². The Hall–Kier alpha value is -3.58. The summed E-state index contributed by atoms with van der Waals surface area (Å²) in [6.45, 7) is 7.42. The minimum absolute atomic E-state index is 0.0687. The van der Waals surface area contributed by atoms with Gasteiger partial charge in [-0.3, -0.25) is 4.79 Å². The van der Waals surface area contributed by atoms with E-state index in [2.05, 4.69) is 40.0 Å². The van der Waals surface area contributed by atoms with Crippen molar-refractivity contribution < 1.29 is 9.53 Å². The molecular weight excluding hydrogens is 456 g/mol. The summed E-state index contributed by atoms with van der Waals surface area (Å²) in [5, 5.41) is 12.7. The Balaban J connectivity index is 1.49. The van der Waals surface area contributed by atoms with Crippen molar-refractivity contribution in [3.8, 4) is 17.1 Å². The summed E-state index contributed by atoms with van der Waals surface area (Å²) in [4.78, 5) is 13.1. The Morgan fingerprint density at radius 2 is 1.63 bits per heavy atom. The zero-order chi connectivity index (χ0) is 24.6. The Morgan fingerprint density at radius 3 is 2.31 bits per heavy atom. The molecule has 1 aromatic heterocycles. The van der Waals surface area contributed by atoms with Crippen LogP contribution in [0.4, 0.5) is 0 Å². The van der Waals surface area contributed by atoms with Crippen molar-refractivity contribution in [2.75, 3.05) is 12.4 Å². The van der Waals surface area contributed by atoms with Gasteiger partial charge in [0.1, 0.15) is 5.75 Å². The van der Waals surface area contributed by atoms with Crippen molar-refractivity contribution in [2.45, 2.75) is 38.5 Å². The minimum atomic E-state index is -0.258. The second-order valence-electron chi connectivity index (χ2n) is 8.07. The molecule has 0 saturated carbocycles. The van der Waals surface area contributed by atoms with E-state index in [0.29, 0.717) is 6.61 Å². The topological polar surface area (TPSA) is 69.0 Å². The van der Waals surface area contributed by atoms with Crippen LogP contribution in [0.15, 0.2) is 84.0 Å². The Bertz CT molecular complexity index is 1260. The van der Waals surface area contributed by atoms with Gasteiger partial charge in [0.15, 0.2) is 11.0 Å². The molecule has 0 radical (unpaired) electrons.